The van der Waals surface area contributed by atoms with Crippen molar-refractivity contribution in [3.8, 4) is 0 Å². The molecule has 0 amide bonds. The number of aromatic amines is 2. The molecule has 0 saturated carbocycles. The van der Waals surface area contributed by atoms with Gasteiger partial charge in [0, 0.05) is 18.7 Å². The number of benzene rings is 1. The fraction of sp³-hybridized carbons (Fsp3) is 0.385. The second-order valence-electron chi connectivity index (χ2n) is 5.13. The maximum Gasteiger partial charge on any atom is 0.314 e. The van der Waals surface area contributed by atoms with Crippen LogP contribution in [0.15, 0.2) is 21.7 Å². The molecule has 0 bridgehead atoms. The molecule has 2 atom stereocenters. The van der Waals surface area contributed by atoms with Crippen molar-refractivity contribution in [3.63, 3.8) is 0 Å². The Kier molecular flexibility index (Phi) is 4.59. The predicted octanol–water partition coefficient (Wildman–Crippen LogP) is -0.397. The Morgan fingerprint density at radius 3 is 2.26 bits per heavy atom. The van der Waals surface area contributed by atoms with E-state index in [0.717, 1.165) is 6.07 Å². The molecule has 1 heterocycles. The molecule has 1 aromatic carbocycles. The number of nitro groups is 1. The zero-order valence-electron chi connectivity index (χ0n) is 12.4. The van der Waals surface area contributed by atoms with Crippen LogP contribution >= 0.6 is 0 Å². The highest BCUT2D eigenvalue weighted by Gasteiger charge is 2.21. The van der Waals surface area contributed by atoms with E-state index in [1.54, 1.807) is 0 Å². The van der Waals surface area contributed by atoms with Crippen molar-refractivity contribution in [2.24, 2.45) is 0 Å². The molecular weight excluding hydrogens is 308 g/mol. The number of fused-ring (bicyclic) bond motifs is 1. The molecule has 2 aromatic rings. The van der Waals surface area contributed by atoms with Gasteiger partial charge in [-0.15, -0.1) is 0 Å². The van der Waals surface area contributed by atoms with E-state index in [0.29, 0.717) is 0 Å². The molecule has 0 aliphatic carbocycles. The number of rotatable bonds is 5. The molecule has 23 heavy (non-hydrogen) atoms. The van der Waals surface area contributed by atoms with Crippen LogP contribution in [0.4, 0.5) is 5.69 Å². The van der Waals surface area contributed by atoms with Gasteiger partial charge in [-0.05, 0) is 19.4 Å². The number of hydrogen-bond donors (Lipinski definition) is 4. The third kappa shape index (κ3) is 3.44. The number of nitro benzene ring substituents is 1. The van der Waals surface area contributed by atoms with Crippen molar-refractivity contribution < 1.29 is 15.1 Å². The highest BCUT2D eigenvalue weighted by atomic mass is 16.6. The number of H-pyrrole nitrogens is 2. The summed E-state index contributed by atoms with van der Waals surface area (Å²) in [6.45, 7) is 2.78. The largest absolute Gasteiger partial charge is 0.379 e. The van der Waals surface area contributed by atoms with Gasteiger partial charge in [-0.3, -0.25) is 19.7 Å². The summed E-state index contributed by atoms with van der Waals surface area (Å²) in [6, 6.07) is 2.35. The average Bonchev–Trinajstić information content (AvgIpc) is 2.44. The molecular formula is C13H16N4O6. The van der Waals surface area contributed by atoms with Crippen LogP contribution in [0.25, 0.3) is 11.0 Å². The van der Waals surface area contributed by atoms with Gasteiger partial charge in [-0.25, -0.2) is 4.90 Å². The third-order valence-electron chi connectivity index (χ3n) is 3.42. The molecule has 124 valence electrons. The highest BCUT2D eigenvalue weighted by molar-refractivity contribution is 5.80. The Bertz CT molecular complexity index is 846. The maximum atomic E-state index is 11.5. The number of nitrogens with zero attached hydrogens (tertiary/aromatic N) is 2. The van der Waals surface area contributed by atoms with Crippen molar-refractivity contribution in [2.75, 3.05) is 0 Å². The molecule has 0 saturated heterocycles. The van der Waals surface area contributed by atoms with E-state index in [9.17, 15) is 29.9 Å². The summed E-state index contributed by atoms with van der Waals surface area (Å²) in [5.74, 6) is 0. The molecule has 0 fully saturated rings. The van der Waals surface area contributed by atoms with Crippen molar-refractivity contribution in [2.45, 2.75) is 32.8 Å². The Hall–Kier alpha value is -2.56. The molecule has 4 N–H and O–H groups in total. The summed E-state index contributed by atoms with van der Waals surface area (Å²) in [4.78, 5) is 39.2. The normalized spacial score (nSPS) is 14.1. The van der Waals surface area contributed by atoms with E-state index >= 15 is 0 Å². The zero-order chi connectivity index (χ0) is 17.3. The van der Waals surface area contributed by atoms with Crippen LogP contribution in [-0.2, 0) is 6.54 Å². The Morgan fingerprint density at radius 2 is 1.74 bits per heavy atom. The van der Waals surface area contributed by atoms with Gasteiger partial charge in [0.1, 0.15) is 12.5 Å². The van der Waals surface area contributed by atoms with Gasteiger partial charge in [-0.2, -0.15) is 0 Å². The molecule has 0 radical (unpaired) electrons. The molecule has 2 rings (SSSR count). The van der Waals surface area contributed by atoms with E-state index in [2.05, 4.69) is 9.97 Å². The van der Waals surface area contributed by atoms with E-state index in [-0.39, 0.29) is 28.8 Å². The van der Waals surface area contributed by atoms with E-state index < -0.39 is 28.5 Å². The van der Waals surface area contributed by atoms with Gasteiger partial charge in [0.25, 0.3) is 5.69 Å². The van der Waals surface area contributed by atoms with Gasteiger partial charge in [0.05, 0.1) is 16.0 Å². The topological polar surface area (TPSA) is 153 Å². The van der Waals surface area contributed by atoms with Crippen LogP contribution in [0.1, 0.15) is 19.4 Å². The van der Waals surface area contributed by atoms with Crippen molar-refractivity contribution in [1.29, 1.82) is 0 Å². The molecule has 2 unspecified atom stereocenters. The van der Waals surface area contributed by atoms with Crippen LogP contribution in [0, 0.1) is 10.1 Å². The summed E-state index contributed by atoms with van der Waals surface area (Å²) < 4.78 is 0. The number of non-ortho nitro benzene ring substituents is 1. The van der Waals surface area contributed by atoms with E-state index in [4.69, 9.17) is 0 Å². The fourth-order valence-corrected chi connectivity index (χ4v) is 2.28. The molecule has 0 aliphatic rings. The lowest BCUT2D eigenvalue weighted by Gasteiger charge is -2.28. The number of aliphatic hydroxyl groups excluding tert-OH is 2. The lowest BCUT2D eigenvalue weighted by Crippen LogP contribution is -2.39. The summed E-state index contributed by atoms with van der Waals surface area (Å²) in [6.07, 6.45) is -2.06. The van der Waals surface area contributed by atoms with Crippen LogP contribution in [0.5, 0.6) is 0 Å². The summed E-state index contributed by atoms with van der Waals surface area (Å²) in [5.41, 5.74) is -1.53. The lowest BCUT2D eigenvalue weighted by molar-refractivity contribution is -0.384. The summed E-state index contributed by atoms with van der Waals surface area (Å²) >= 11 is 0. The molecule has 0 spiro atoms. The van der Waals surface area contributed by atoms with Crippen molar-refractivity contribution in [1.82, 2.24) is 14.9 Å². The molecule has 10 heteroatoms. The highest BCUT2D eigenvalue weighted by Crippen LogP contribution is 2.23. The summed E-state index contributed by atoms with van der Waals surface area (Å²) in [7, 11) is 0. The average molecular weight is 324 g/mol. The van der Waals surface area contributed by atoms with Crippen molar-refractivity contribution in [3.05, 3.63) is 48.5 Å². The summed E-state index contributed by atoms with van der Waals surface area (Å²) in [5, 5.41) is 30.4. The number of aliphatic hydroxyl groups is 2. The predicted molar refractivity (Wildman–Crippen MR) is 80.7 cm³/mol. The Morgan fingerprint density at radius 1 is 1.17 bits per heavy atom. The second-order valence-corrected chi connectivity index (χ2v) is 5.13. The first-order valence-electron chi connectivity index (χ1n) is 6.76. The zero-order valence-corrected chi connectivity index (χ0v) is 12.4. The standard InChI is InChI=1S/C13H16N4O6/c1-6(18)16(7(2)19)5-8-3-9(17(22)23)4-10-11(8)15-13(21)12(20)14-10/h3-4,6-7,18-19H,5H2,1-2H3,(H,14,20)(H,15,21). The minimum absolute atomic E-state index is 0.0739. The quantitative estimate of drug-likeness (QED) is 0.253. The SMILES string of the molecule is CC(O)N(Cc1cc([N+](=O)[O-])cc2[nH]c(=O)c(=O)[nH]c12)C(C)O. The van der Waals surface area contributed by atoms with E-state index in [1.165, 1.54) is 24.8 Å². The first-order valence-corrected chi connectivity index (χ1v) is 6.76. The molecule has 1 aromatic heterocycles. The fourth-order valence-electron chi connectivity index (χ4n) is 2.28. The van der Waals surface area contributed by atoms with Gasteiger partial charge in [-0.1, -0.05) is 0 Å². The maximum absolute atomic E-state index is 11.5. The Balaban J connectivity index is 2.69. The van der Waals surface area contributed by atoms with Crippen LogP contribution < -0.4 is 11.1 Å². The molecule has 0 aliphatic heterocycles. The van der Waals surface area contributed by atoms with Gasteiger partial charge >= 0.3 is 11.1 Å². The lowest BCUT2D eigenvalue weighted by atomic mass is 10.1. The minimum atomic E-state index is -1.03. The van der Waals surface area contributed by atoms with Crippen molar-refractivity contribution >= 4 is 16.7 Å². The number of nitrogens with one attached hydrogen (secondary N) is 2. The smallest absolute Gasteiger partial charge is 0.314 e. The first kappa shape index (κ1) is 16.8. The first-order chi connectivity index (χ1) is 10.7. The van der Waals surface area contributed by atoms with Gasteiger partial charge in [0.15, 0.2) is 0 Å². The van der Waals surface area contributed by atoms with Crippen LogP contribution in [-0.4, -0.2) is 42.5 Å². The number of hydrogen-bond acceptors (Lipinski definition) is 7. The second kappa shape index (κ2) is 6.28. The molecule has 10 nitrogen and oxygen atoms in total. The van der Waals surface area contributed by atoms with Gasteiger partial charge < -0.3 is 20.2 Å². The Labute approximate surface area is 129 Å². The van der Waals surface area contributed by atoms with Crippen LogP contribution in [0.3, 0.4) is 0 Å². The minimum Gasteiger partial charge on any atom is -0.379 e. The van der Waals surface area contributed by atoms with Gasteiger partial charge in [0.2, 0.25) is 0 Å². The third-order valence-corrected chi connectivity index (χ3v) is 3.42. The van der Waals surface area contributed by atoms with Crippen LogP contribution in [0.2, 0.25) is 0 Å². The number of aromatic nitrogens is 2. The van der Waals surface area contributed by atoms with E-state index in [1.807, 2.05) is 0 Å². The monoisotopic (exact) mass is 324 g/mol.